The summed E-state index contributed by atoms with van der Waals surface area (Å²) in [6.45, 7) is 5.22. The lowest BCUT2D eigenvalue weighted by molar-refractivity contribution is 0.0736. The number of aryl methyl sites for hydroxylation is 1. The number of rotatable bonds is 1. The molecule has 1 aliphatic heterocycles. The SMILES string of the molecule is Cc1ccc(C(=O)N2CCNCC2)cc1N. The molecular formula is C12H17N3O. The van der Waals surface area contributed by atoms with E-state index >= 15 is 0 Å². The highest BCUT2D eigenvalue weighted by atomic mass is 16.2. The van der Waals surface area contributed by atoms with Gasteiger partial charge in [0.25, 0.3) is 5.91 Å². The predicted octanol–water partition coefficient (Wildman–Crippen LogP) is 0.623. The number of nitrogens with zero attached hydrogens (tertiary/aromatic N) is 1. The summed E-state index contributed by atoms with van der Waals surface area (Å²) >= 11 is 0. The van der Waals surface area contributed by atoms with Crippen molar-refractivity contribution in [1.82, 2.24) is 10.2 Å². The van der Waals surface area contributed by atoms with Crippen molar-refractivity contribution in [1.29, 1.82) is 0 Å². The van der Waals surface area contributed by atoms with Crippen molar-refractivity contribution in [2.75, 3.05) is 31.9 Å². The molecule has 1 aliphatic rings. The summed E-state index contributed by atoms with van der Waals surface area (Å²) in [6.07, 6.45) is 0. The number of benzene rings is 1. The Labute approximate surface area is 95.4 Å². The first-order chi connectivity index (χ1) is 7.68. The van der Waals surface area contributed by atoms with Gasteiger partial charge in [0.2, 0.25) is 0 Å². The summed E-state index contributed by atoms with van der Waals surface area (Å²) in [7, 11) is 0. The highest BCUT2D eigenvalue weighted by Crippen LogP contribution is 2.14. The van der Waals surface area contributed by atoms with Crippen LogP contribution in [0.25, 0.3) is 0 Å². The molecule has 0 aromatic heterocycles. The second-order valence-electron chi connectivity index (χ2n) is 4.11. The molecule has 1 saturated heterocycles. The van der Waals surface area contributed by atoms with Crippen LogP contribution < -0.4 is 11.1 Å². The summed E-state index contributed by atoms with van der Waals surface area (Å²) in [5.74, 6) is 0.0770. The minimum atomic E-state index is 0.0770. The van der Waals surface area contributed by atoms with Crippen molar-refractivity contribution in [3.05, 3.63) is 29.3 Å². The van der Waals surface area contributed by atoms with E-state index in [2.05, 4.69) is 5.32 Å². The number of hydrogen-bond donors (Lipinski definition) is 2. The van der Waals surface area contributed by atoms with Gasteiger partial charge in [0.15, 0.2) is 0 Å². The molecule has 0 atom stereocenters. The van der Waals surface area contributed by atoms with E-state index < -0.39 is 0 Å². The van der Waals surface area contributed by atoms with E-state index in [1.54, 1.807) is 6.07 Å². The molecule has 3 N–H and O–H groups in total. The third-order valence-electron chi connectivity index (χ3n) is 2.93. The van der Waals surface area contributed by atoms with E-state index in [0.717, 1.165) is 31.7 Å². The molecule has 4 heteroatoms. The highest BCUT2D eigenvalue weighted by molar-refractivity contribution is 5.95. The van der Waals surface area contributed by atoms with Crippen LogP contribution in [-0.4, -0.2) is 37.0 Å². The average molecular weight is 219 g/mol. The second-order valence-corrected chi connectivity index (χ2v) is 4.11. The zero-order chi connectivity index (χ0) is 11.5. The lowest BCUT2D eigenvalue weighted by Crippen LogP contribution is -2.46. The van der Waals surface area contributed by atoms with E-state index in [1.165, 1.54) is 0 Å². The Kier molecular flexibility index (Phi) is 3.10. The monoisotopic (exact) mass is 219 g/mol. The van der Waals surface area contributed by atoms with Gasteiger partial charge in [0.05, 0.1) is 0 Å². The van der Waals surface area contributed by atoms with Gasteiger partial charge in [-0.1, -0.05) is 6.07 Å². The molecule has 0 spiro atoms. The second kappa shape index (κ2) is 4.53. The van der Waals surface area contributed by atoms with Gasteiger partial charge < -0.3 is 16.0 Å². The Bertz CT molecular complexity index is 397. The van der Waals surface area contributed by atoms with Crippen LogP contribution in [0.2, 0.25) is 0 Å². The Balaban J connectivity index is 2.16. The topological polar surface area (TPSA) is 58.4 Å². The van der Waals surface area contributed by atoms with Crippen LogP contribution in [0.1, 0.15) is 15.9 Å². The van der Waals surface area contributed by atoms with Gasteiger partial charge in [-0.2, -0.15) is 0 Å². The first-order valence-corrected chi connectivity index (χ1v) is 5.54. The number of anilines is 1. The van der Waals surface area contributed by atoms with Gasteiger partial charge in [0, 0.05) is 37.4 Å². The number of nitrogens with one attached hydrogen (secondary N) is 1. The van der Waals surface area contributed by atoms with Crippen LogP contribution in [0.15, 0.2) is 18.2 Å². The summed E-state index contributed by atoms with van der Waals surface area (Å²) < 4.78 is 0. The number of hydrogen-bond acceptors (Lipinski definition) is 3. The first-order valence-electron chi connectivity index (χ1n) is 5.54. The molecule has 2 rings (SSSR count). The molecule has 1 fully saturated rings. The average Bonchev–Trinajstić information content (AvgIpc) is 2.33. The minimum absolute atomic E-state index is 0.0770. The largest absolute Gasteiger partial charge is 0.398 e. The van der Waals surface area contributed by atoms with Gasteiger partial charge in [-0.25, -0.2) is 0 Å². The van der Waals surface area contributed by atoms with Crippen molar-refractivity contribution >= 4 is 11.6 Å². The molecule has 1 aromatic rings. The molecule has 0 radical (unpaired) electrons. The van der Waals surface area contributed by atoms with Gasteiger partial charge >= 0.3 is 0 Å². The third-order valence-corrected chi connectivity index (χ3v) is 2.93. The molecule has 0 unspecified atom stereocenters. The quantitative estimate of drug-likeness (QED) is 0.681. The molecule has 0 bridgehead atoms. The molecule has 86 valence electrons. The van der Waals surface area contributed by atoms with Crippen LogP contribution in [-0.2, 0) is 0 Å². The van der Waals surface area contributed by atoms with E-state index in [9.17, 15) is 4.79 Å². The first kappa shape index (κ1) is 11.0. The fourth-order valence-electron chi connectivity index (χ4n) is 1.82. The maximum atomic E-state index is 12.1. The van der Waals surface area contributed by atoms with Gasteiger partial charge in [0.1, 0.15) is 0 Å². The van der Waals surface area contributed by atoms with Crippen LogP contribution in [0, 0.1) is 6.92 Å². The van der Waals surface area contributed by atoms with Gasteiger partial charge in [-0.15, -0.1) is 0 Å². The summed E-state index contributed by atoms with van der Waals surface area (Å²) in [5.41, 5.74) is 8.18. The smallest absolute Gasteiger partial charge is 0.254 e. The molecule has 0 aliphatic carbocycles. The number of amides is 1. The minimum Gasteiger partial charge on any atom is -0.398 e. The fourth-order valence-corrected chi connectivity index (χ4v) is 1.82. The van der Waals surface area contributed by atoms with Crippen LogP contribution in [0.3, 0.4) is 0 Å². The lowest BCUT2D eigenvalue weighted by atomic mass is 10.1. The summed E-state index contributed by atoms with van der Waals surface area (Å²) in [5, 5.41) is 3.22. The lowest BCUT2D eigenvalue weighted by Gasteiger charge is -2.27. The van der Waals surface area contributed by atoms with Crippen molar-refractivity contribution in [2.45, 2.75) is 6.92 Å². The van der Waals surface area contributed by atoms with Gasteiger partial charge in [-0.05, 0) is 24.6 Å². The number of carbonyl (C=O) groups is 1. The van der Waals surface area contributed by atoms with Crippen LogP contribution in [0.4, 0.5) is 5.69 Å². The van der Waals surface area contributed by atoms with Crippen molar-refractivity contribution in [3.8, 4) is 0 Å². The molecule has 16 heavy (non-hydrogen) atoms. The molecule has 4 nitrogen and oxygen atoms in total. The molecule has 1 aromatic carbocycles. The van der Waals surface area contributed by atoms with Crippen molar-refractivity contribution in [2.24, 2.45) is 0 Å². The van der Waals surface area contributed by atoms with E-state index in [-0.39, 0.29) is 5.91 Å². The third kappa shape index (κ3) is 2.17. The zero-order valence-corrected chi connectivity index (χ0v) is 9.49. The van der Waals surface area contributed by atoms with Crippen LogP contribution >= 0.6 is 0 Å². The normalized spacial score (nSPS) is 16.2. The number of carbonyl (C=O) groups excluding carboxylic acids is 1. The Hall–Kier alpha value is -1.55. The molecule has 0 saturated carbocycles. The van der Waals surface area contributed by atoms with Crippen LogP contribution in [0.5, 0.6) is 0 Å². The number of nitrogens with two attached hydrogens (primary N) is 1. The summed E-state index contributed by atoms with van der Waals surface area (Å²) in [6, 6.07) is 5.50. The van der Waals surface area contributed by atoms with E-state index in [1.807, 2.05) is 24.0 Å². The molecular weight excluding hydrogens is 202 g/mol. The van der Waals surface area contributed by atoms with Crippen molar-refractivity contribution in [3.63, 3.8) is 0 Å². The maximum Gasteiger partial charge on any atom is 0.254 e. The predicted molar refractivity (Wildman–Crippen MR) is 64.4 cm³/mol. The zero-order valence-electron chi connectivity index (χ0n) is 9.49. The summed E-state index contributed by atoms with van der Waals surface area (Å²) in [4.78, 5) is 14.0. The van der Waals surface area contributed by atoms with Crippen molar-refractivity contribution < 1.29 is 4.79 Å². The highest BCUT2D eigenvalue weighted by Gasteiger charge is 2.17. The number of nitrogen functional groups attached to an aromatic ring is 1. The van der Waals surface area contributed by atoms with E-state index in [0.29, 0.717) is 11.3 Å². The maximum absolute atomic E-state index is 12.1. The fraction of sp³-hybridized carbons (Fsp3) is 0.417. The Morgan fingerprint density at radius 1 is 1.38 bits per heavy atom. The molecule has 1 heterocycles. The number of piperazine rings is 1. The Morgan fingerprint density at radius 3 is 2.69 bits per heavy atom. The Morgan fingerprint density at radius 2 is 2.06 bits per heavy atom. The van der Waals surface area contributed by atoms with E-state index in [4.69, 9.17) is 5.73 Å². The standard InChI is InChI=1S/C12H17N3O/c1-9-2-3-10(8-11(9)13)12(16)15-6-4-14-5-7-15/h2-3,8,14H,4-7,13H2,1H3. The molecule has 1 amide bonds. The van der Waals surface area contributed by atoms with Gasteiger partial charge in [-0.3, -0.25) is 4.79 Å².